The molecule has 0 aromatic heterocycles. The second-order valence-electron chi connectivity index (χ2n) is 3.78. The van der Waals surface area contributed by atoms with Crippen molar-refractivity contribution >= 4 is 21.8 Å². The highest BCUT2D eigenvalue weighted by Crippen LogP contribution is 2.17. The van der Waals surface area contributed by atoms with Gasteiger partial charge >= 0.3 is 5.66 Å². The fourth-order valence-corrected chi connectivity index (χ4v) is 1.56. The van der Waals surface area contributed by atoms with Gasteiger partial charge in [-0.25, -0.2) is 0 Å². The second kappa shape index (κ2) is 6.48. The van der Waals surface area contributed by atoms with Crippen molar-refractivity contribution in [2.24, 2.45) is 0 Å². The average Bonchev–Trinajstić information content (AvgIpc) is 2.26. The first kappa shape index (κ1) is 15.8. The van der Waals surface area contributed by atoms with Gasteiger partial charge in [0.15, 0.2) is 0 Å². The first-order valence-electron chi connectivity index (χ1n) is 4.84. The molecule has 0 saturated carbocycles. The summed E-state index contributed by atoms with van der Waals surface area (Å²) in [6.07, 6.45) is -0.0133. The molecule has 0 aliphatic heterocycles. The molecule has 0 fully saturated rings. The summed E-state index contributed by atoms with van der Waals surface area (Å²) in [5, 5.41) is 21.4. The first-order valence-corrected chi connectivity index (χ1v) is 5.96. The van der Waals surface area contributed by atoms with Gasteiger partial charge in [-0.2, -0.15) is 0 Å². The van der Waals surface area contributed by atoms with E-state index in [-0.39, 0.29) is 30.6 Å². The van der Waals surface area contributed by atoms with Crippen molar-refractivity contribution in [1.82, 2.24) is 4.90 Å². The van der Waals surface area contributed by atoms with E-state index < -0.39 is 15.5 Å². The van der Waals surface area contributed by atoms with Gasteiger partial charge in [-0.1, -0.05) is 15.9 Å². The van der Waals surface area contributed by atoms with Crippen LogP contribution in [0, 0.1) is 20.2 Å². The molecule has 8 nitrogen and oxygen atoms in total. The van der Waals surface area contributed by atoms with Gasteiger partial charge in [-0.05, 0) is 6.42 Å². The highest BCUT2D eigenvalue weighted by Gasteiger charge is 2.49. The number of alkyl halides is 1. The number of carbonyl (C=O) groups excluding carboxylic acids is 1. The van der Waals surface area contributed by atoms with Crippen molar-refractivity contribution in [2.75, 3.05) is 18.9 Å². The maximum absolute atomic E-state index is 11.1. The van der Waals surface area contributed by atoms with Gasteiger partial charge in [0.25, 0.3) is 0 Å². The molecule has 9 heteroatoms. The maximum Gasteiger partial charge on any atom is 0.455 e. The van der Waals surface area contributed by atoms with Crippen molar-refractivity contribution in [3.8, 4) is 0 Å². The standard InChI is InChI=1S/C8H14BrN3O5/c1-8(11(14)15,12(16)17)4-3-5-10(2)7(13)6-9/h3-6H2,1-2H3. The van der Waals surface area contributed by atoms with Crippen LogP contribution in [0.5, 0.6) is 0 Å². The smallest absolute Gasteiger partial charge is 0.345 e. The van der Waals surface area contributed by atoms with Crippen LogP contribution in [0.1, 0.15) is 19.8 Å². The molecule has 0 atom stereocenters. The van der Waals surface area contributed by atoms with Gasteiger partial charge in [-0.3, -0.25) is 25.0 Å². The molecule has 0 N–H and O–H groups in total. The van der Waals surface area contributed by atoms with Crippen LogP contribution in [0.25, 0.3) is 0 Å². The molecule has 0 radical (unpaired) electrons. The van der Waals surface area contributed by atoms with E-state index in [1.807, 2.05) is 0 Å². The lowest BCUT2D eigenvalue weighted by molar-refractivity contribution is -0.793. The Hall–Kier alpha value is -1.25. The van der Waals surface area contributed by atoms with Gasteiger partial charge in [0.2, 0.25) is 5.91 Å². The molecule has 0 aromatic carbocycles. The Labute approximate surface area is 106 Å². The van der Waals surface area contributed by atoms with Crippen molar-refractivity contribution in [3.63, 3.8) is 0 Å². The largest absolute Gasteiger partial charge is 0.455 e. The summed E-state index contributed by atoms with van der Waals surface area (Å²) in [4.78, 5) is 31.9. The summed E-state index contributed by atoms with van der Waals surface area (Å²) in [7, 11) is 1.54. The third-order valence-corrected chi connectivity index (χ3v) is 2.95. The summed E-state index contributed by atoms with van der Waals surface area (Å²) in [5.74, 6) is -0.172. The topological polar surface area (TPSA) is 107 Å². The highest BCUT2D eigenvalue weighted by molar-refractivity contribution is 9.09. The molecular formula is C8H14BrN3O5. The molecule has 0 saturated heterocycles. The van der Waals surface area contributed by atoms with E-state index in [4.69, 9.17) is 0 Å². The normalized spacial score (nSPS) is 11.0. The number of amides is 1. The molecule has 0 aromatic rings. The quantitative estimate of drug-likeness (QED) is 0.300. The fourth-order valence-electron chi connectivity index (χ4n) is 1.13. The Kier molecular flexibility index (Phi) is 6.00. The molecule has 0 aliphatic rings. The zero-order valence-corrected chi connectivity index (χ0v) is 11.2. The van der Waals surface area contributed by atoms with E-state index >= 15 is 0 Å². The van der Waals surface area contributed by atoms with E-state index in [1.54, 1.807) is 7.05 Å². The number of nitrogens with zero attached hydrogens (tertiary/aromatic N) is 3. The molecular weight excluding hydrogens is 298 g/mol. The molecule has 0 unspecified atom stereocenters. The summed E-state index contributed by atoms with van der Waals surface area (Å²) in [6, 6.07) is 0. The number of nitro groups is 2. The van der Waals surface area contributed by atoms with Crippen LogP contribution in [0.2, 0.25) is 0 Å². The van der Waals surface area contributed by atoms with Gasteiger partial charge < -0.3 is 4.90 Å². The van der Waals surface area contributed by atoms with Crippen LogP contribution in [0.15, 0.2) is 0 Å². The fraction of sp³-hybridized carbons (Fsp3) is 0.875. The van der Waals surface area contributed by atoms with E-state index in [0.717, 1.165) is 6.92 Å². The second-order valence-corrected chi connectivity index (χ2v) is 4.34. The van der Waals surface area contributed by atoms with Crippen molar-refractivity contribution in [1.29, 1.82) is 0 Å². The van der Waals surface area contributed by atoms with Gasteiger partial charge in [0, 0.05) is 13.6 Å². The minimum atomic E-state index is -2.18. The van der Waals surface area contributed by atoms with E-state index in [0.29, 0.717) is 0 Å². The van der Waals surface area contributed by atoms with Gasteiger partial charge in [0.05, 0.1) is 28.5 Å². The predicted molar refractivity (Wildman–Crippen MR) is 63.1 cm³/mol. The van der Waals surface area contributed by atoms with Crippen molar-refractivity contribution in [3.05, 3.63) is 20.2 Å². The third kappa shape index (κ3) is 4.25. The lowest BCUT2D eigenvalue weighted by atomic mass is 10.1. The van der Waals surface area contributed by atoms with Crippen LogP contribution in [-0.2, 0) is 4.79 Å². The van der Waals surface area contributed by atoms with Crippen molar-refractivity contribution < 1.29 is 14.6 Å². The molecule has 1 amide bonds. The molecule has 0 heterocycles. The van der Waals surface area contributed by atoms with E-state index in [9.17, 15) is 25.0 Å². The number of halogens is 1. The lowest BCUT2D eigenvalue weighted by Crippen LogP contribution is -2.43. The molecule has 0 spiro atoms. The Bertz CT molecular complexity index is 308. The highest BCUT2D eigenvalue weighted by atomic mass is 79.9. The molecule has 17 heavy (non-hydrogen) atoms. The average molecular weight is 312 g/mol. The van der Waals surface area contributed by atoms with Gasteiger partial charge in [0.1, 0.15) is 0 Å². The monoisotopic (exact) mass is 311 g/mol. The molecule has 0 rings (SSSR count). The maximum atomic E-state index is 11.1. The molecule has 0 bridgehead atoms. The van der Waals surface area contributed by atoms with E-state index in [1.165, 1.54) is 4.90 Å². The van der Waals surface area contributed by atoms with Crippen LogP contribution >= 0.6 is 15.9 Å². The van der Waals surface area contributed by atoms with Gasteiger partial charge in [-0.15, -0.1) is 0 Å². The van der Waals surface area contributed by atoms with Crippen molar-refractivity contribution in [2.45, 2.75) is 25.4 Å². The number of carbonyl (C=O) groups is 1. The summed E-state index contributed by atoms with van der Waals surface area (Å²) in [6.45, 7) is 1.22. The molecule has 98 valence electrons. The summed E-state index contributed by atoms with van der Waals surface area (Å²) < 4.78 is 0. The SMILES string of the molecule is CN(CCCC(C)([N+](=O)[O-])[N+](=O)[O-])C(=O)CBr. The lowest BCUT2D eigenvalue weighted by Gasteiger charge is -2.17. The summed E-state index contributed by atoms with van der Waals surface area (Å²) >= 11 is 2.99. The number of hydrogen-bond acceptors (Lipinski definition) is 5. The predicted octanol–water partition coefficient (Wildman–Crippen LogP) is 0.890. The third-order valence-electron chi connectivity index (χ3n) is 2.47. The zero-order valence-electron chi connectivity index (χ0n) is 9.59. The van der Waals surface area contributed by atoms with Crippen LogP contribution in [-0.4, -0.2) is 45.2 Å². The summed E-state index contributed by atoms with van der Waals surface area (Å²) in [5.41, 5.74) is -2.18. The van der Waals surface area contributed by atoms with Crippen LogP contribution in [0.3, 0.4) is 0 Å². The Morgan fingerprint density at radius 1 is 1.35 bits per heavy atom. The Balaban J connectivity index is 4.31. The van der Waals surface area contributed by atoms with E-state index in [2.05, 4.69) is 15.9 Å². The van der Waals surface area contributed by atoms with Crippen LogP contribution in [0.4, 0.5) is 0 Å². The Morgan fingerprint density at radius 3 is 2.18 bits per heavy atom. The number of hydrogen-bond donors (Lipinski definition) is 0. The zero-order chi connectivity index (χ0) is 13.6. The minimum Gasteiger partial charge on any atom is -0.345 e. The van der Waals surface area contributed by atoms with Crippen LogP contribution < -0.4 is 0 Å². The first-order chi connectivity index (χ1) is 7.75. The Morgan fingerprint density at radius 2 is 1.82 bits per heavy atom. The minimum absolute atomic E-state index is 0.158. The molecule has 0 aliphatic carbocycles. The number of rotatable bonds is 7.